The van der Waals surface area contributed by atoms with Crippen LogP contribution < -0.4 is 5.73 Å². The molecule has 6 heteroatoms. The lowest BCUT2D eigenvalue weighted by Crippen LogP contribution is -2.40. The van der Waals surface area contributed by atoms with Crippen molar-refractivity contribution >= 4 is 33.0 Å². The Morgan fingerprint density at radius 2 is 1.88 bits per heavy atom. The maximum Gasteiger partial charge on any atom is 0.156 e. The molecule has 0 bridgehead atoms. The minimum Gasteiger partial charge on any atom is -0.325 e. The predicted molar refractivity (Wildman–Crippen MR) is 72.2 cm³/mol. The summed E-state index contributed by atoms with van der Waals surface area (Å²) in [6, 6.07) is 4.76. The molecule has 2 N–H and O–H groups in total. The first-order valence-electron chi connectivity index (χ1n) is 5.02. The van der Waals surface area contributed by atoms with Gasteiger partial charge in [-0.3, -0.25) is 0 Å². The largest absolute Gasteiger partial charge is 0.325 e. The van der Waals surface area contributed by atoms with Crippen molar-refractivity contribution in [2.24, 2.45) is 5.73 Å². The van der Waals surface area contributed by atoms with Crippen LogP contribution in [-0.2, 0) is 15.6 Å². The Morgan fingerprint density at radius 1 is 1.29 bits per heavy atom. The maximum absolute atomic E-state index is 11.9. The molecule has 0 unspecified atom stereocenters. The lowest BCUT2D eigenvalue weighted by atomic mass is 10.1. The summed E-state index contributed by atoms with van der Waals surface area (Å²) < 4.78 is 23.8. The highest BCUT2D eigenvalue weighted by Gasteiger charge is 2.23. The zero-order chi connectivity index (χ0) is 13.3. The van der Waals surface area contributed by atoms with Gasteiger partial charge in [0.05, 0.1) is 11.5 Å². The van der Waals surface area contributed by atoms with E-state index in [9.17, 15) is 8.42 Å². The van der Waals surface area contributed by atoms with Crippen molar-refractivity contribution in [1.29, 1.82) is 0 Å². The van der Waals surface area contributed by atoms with E-state index in [0.29, 0.717) is 15.6 Å². The Bertz CT molecular complexity index is 507. The molecule has 0 atom stereocenters. The van der Waals surface area contributed by atoms with Crippen LogP contribution in [0, 0.1) is 0 Å². The predicted octanol–water partition coefficient (Wildman–Crippen LogP) is 2.65. The molecule has 1 aromatic rings. The molecule has 0 saturated carbocycles. The van der Waals surface area contributed by atoms with E-state index < -0.39 is 15.4 Å². The number of sulfone groups is 1. The molecule has 17 heavy (non-hydrogen) atoms. The highest BCUT2D eigenvalue weighted by Crippen LogP contribution is 2.23. The number of nitrogens with two attached hydrogens (primary N) is 1. The fourth-order valence-corrected chi connectivity index (χ4v) is 3.92. The SMILES string of the molecule is CC(C)(N)CS(=O)(=O)Cc1cc(Cl)ccc1Cl. The van der Waals surface area contributed by atoms with Crippen molar-refractivity contribution in [2.75, 3.05) is 5.75 Å². The van der Waals surface area contributed by atoms with Crippen LogP contribution in [0.15, 0.2) is 18.2 Å². The van der Waals surface area contributed by atoms with Gasteiger partial charge in [-0.05, 0) is 37.6 Å². The highest BCUT2D eigenvalue weighted by molar-refractivity contribution is 7.90. The molecule has 1 rings (SSSR count). The number of halogens is 2. The van der Waals surface area contributed by atoms with Gasteiger partial charge in [0.15, 0.2) is 9.84 Å². The van der Waals surface area contributed by atoms with Gasteiger partial charge in [-0.2, -0.15) is 0 Å². The Balaban J connectivity index is 2.94. The fourth-order valence-electron chi connectivity index (χ4n) is 1.51. The van der Waals surface area contributed by atoms with E-state index in [-0.39, 0.29) is 11.5 Å². The molecule has 0 spiro atoms. The lowest BCUT2D eigenvalue weighted by molar-refractivity contribution is 0.544. The van der Waals surface area contributed by atoms with Gasteiger partial charge in [-0.1, -0.05) is 23.2 Å². The zero-order valence-electron chi connectivity index (χ0n) is 9.70. The summed E-state index contributed by atoms with van der Waals surface area (Å²) in [6.45, 7) is 3.34. The molecule has 0 aromatic heterocycles. The minimum atomic E-state index is -3.30. The second kappa shape index (κ2) is 5.14. The monoisotopic (exact) mass is 295 g/mol. The summed E-state index contributed by atoms with van der Waals surface area (Å²) in [5.74, 6) is -0.240. The van der Waals surface area contributed by atoms with E-state index in [1.54, 1.807) is 32.0 Å². The van der Waals surface area contributed by atoms with Gasteiger partial charge in [0, 0.05) is 15.6 Å². The second-order valence-corrected chi connectivity index (χ2v) is 7.66. The zero-order valence-corrected chi connectivity index (χ0v) is 12.0. The van der Waals surface area contributed by atoms with Crippen LogP contribution in [0.4, 0.5) is 0 Å². The van der Waals surface area contributed by atoms with Crippen LogP contribution in [0.2, 0.25) is 10.0 Å². The van der Waals surface area contributed by atoms with E-state index in [0.717, 1.165) is 0 Å². The van der Waals surface area contributed by atoms with Gasteiger partial charge in [0.1, 0.15) is 0 Å². The van der Waals surface area contributed by atoms with E-state index >= 15 is 0 Å². The maximum atomic E-state index is 11.9. The standard InChI is InChI=1S/C11H15Cl2NO2S/c1-11(2,14)7-17(15,16)6-8-5-9(12)3-4-10(8)13/h3-5H,6-7,14H2,1-2H3. The summed E-state index contributed by atoms with van der Waals surface area (Å²) in [5.41, 5.74) is 5.45. The van der Waals surface area contributed by atoms with Gasteiger partial charge in [0.25, 0.3) is 0 Å². The molecular weight excluding hydrogens is 281 g/mol. The smallest absolute Gasteiger partial charge is 0.156 e. The van der Waals surface area contributed by atoms with E-state index in [1.165, 1.54) is 0 Å². The first-order valence-corrected chi connectivity index (χ1v) is 7.60. The van der Waals surface area contributed by atoms with Crippen molar-refractivity contribution in [2.45, 2.75) is 25.1 Å². The molecule has 0 radical (unpaired) electrons. The first kappa shape index (κ1) is 14.8. The van der Waals surface area contributed by atoms with E-state index in [4.69, 9.17) is 28.9 Å². The van der Waals surface area contributed by atoms with Crippen LogP contribution >= 0.6 is 23.2 Å². The van der Waals surface area contributed by atoms with Crippen LogP contribution in [-0.4, -0.2) is 19.7 Å². The Morgan fingerprint density at radius 3 is 2.41 bits per heavy atom. The fraction of sp³-hybridized carbons (Fsp3) is 0.455. The third-order valence-electron chi connectivity index (χ3n) is 1.98. The van der Waals surface area contributed by atoms with Crippen molar-refractivity contribution in [3.63, 3.8) is 0 Å². The number of hydrogen-bond acceptors (Lipinski definition) is 3. The van der Waals surface area contributed by atoms with E-state index in [1.807, 2.05) is 0 Å². The summed E-state index contributed by atoms with van der Waals surface area (Å²) in [4.78, 5) is 0. The quantitative estimate of drug-likeness (QED) is 0.929. The summed E-state index contributed by atoms with van der Waals surface area (Å²) in [5, 5.41) is 0.861. The van der Waals surface area contributed by atoms with Crippen LogP contribution in [0.5, 0.6) is 0 Å². The van der Waals surface area contributed by atoms with Crippen molar-refractivity contribution in [3.8, 4) is 0 Å². The van der Waals surface area contributed by atoms with Gasteiger partial charge >= 0.3 is 0 Å². The second-order valence-electron chi connectivity index (χ2n) is 4.76. The van der Waals surface area contributed by atoms with Crippen LogP contribution in [0.3, 0.4) is 0 Å². The Labute approximate surface area is 112 Å². The molecular formula is C11H15Cl2NO2S. The van der Waals surface area contributed by atoms with Crippen molar-refractivity contribution in [3.05, 3.63) is 33.8 Å². The van der Waals surface area contributed by atoms with Crippen LogP contribution in [0.1, 0.15) is 19.4 Å². The average Bonchev–Trinajstić information content (AvgIpc) is 2.06. The molecule has 0 aliphatic carbocycles. The third-order valence-corrected chi connectivity index (χ3v) is 4.51. The molecule has 0 fully saturated rings. The lowest BCUT2D eigenvalue weighted by Gasteiger charge is -2.18. The third kappa shape index (κ3) is 5.25. The van der Waals surface area contributed by atoms with Gasteiger partial charge < -0.3 is 5.73 Å². The molecule has 0 aliphatic heterocycles. The molecule has 96 valence electrons. The summed E-state index contributed by atoms with van der Waals surface area (Å²) >= 11 is 11.7. The molecule has 1 aromatic carbocycles. The van der Waals surface area contributed by atoms with Gasteiger partial charge in [-0.15, -0.1) is 0 Å². The minimum absolute atomic E-state index is 0.0944. The van der Waals surface area contributed by atoms with Crippen LogP contribution in [0.25, 0.3) is 0 Å². The van der Waals surface area contributed by atoms with Crippen molar-refractivity contribution < 1.29 is 8.42 Å². The number of hydrogen-bond donors (Lipinski definition) is 1. The number of rotatable bonds is 4. The molecule has 0 aliphatic rings. The van der Waals surface area contributed by atoms with Crippen molar-refractivity contribution in [1.82, 2.24) is 0 Å². The molecule has 0 amide bonds. The van der Waals surface area contributed by atoms with E-state index in [2.05, 4.69) is 0 Å². The normalized spacial score (nSPS) is 12.8. The summed E-state index contributed by atoms with van der Waals surface area (Å²) in [6.07, 6.45) is 0. The number of benzene rings is 1. The van der Waals surface area contributed by atoms with Gasteiger partial charge in [0.2, 0.25) is 0 Å². The Kier molecular flexibility index (Phi) is 4.47. The highest BCUT2D eigenvalue weighted by atomic mass is 35.5. The Hall–Kier alpha value is -0.290. The molecule has 0 heterocycles. The molecule has 0 saturated heterocycles. The van der Waals surface area contributed by atoms with Gasteiger partial charge in [-0.25, -0.2) is 8.42 Å². The topological polar surface area (TPSA) is 60.2 Å². The summed E-state index contributed by atoms with van der Waals surface area (Å²) in [7, 11) is -3.30. The molecule has 3 nitrogen and oxygen atoms in total. The first-order chi connectivity index (χ1) is 7.59. The average molecular weight is 296 g/mol.